The highest BCUT2D eigenvalue weighted by Crippen LogP contribution is 2.42. The lowest BCUT2D eigenvalue weighted by Crippen LogP contribution is -2.60. The van der Waals surface area contributed by atoms with E-state index in [2.05, 4.69) is 0 Å². The molecule has 4 heterocycles. The van der Waals surface area contributed by atoms with Crippen LogP contribution in [0.2, 0.25) is 0 Å². The average molecular weight is 1070 g/mol. The standard InChI is InChI=1S/C59H88N2O15/c1-35-17-13-12-14-18-36(2)45(52-51(72-10)32-44(34-60-52)74-26-25-70-8)31-43-22-20-41(7)59(69,76-43)56(66)57(67)61-24-16-15-19-46(61)58(68)75-49(38(4)29-42-21-23-47(62)50(30-42)71-9)33-48(63)37(3)28-40(6)54(65)55(73-11)53(64)39(5)27-35/h12-14,17-18,28,32,34-35,37-39,41-43,45-47,49-50,54-55,62,65,69H,15-16,19-27,29-31,33H2,1-11H3/b14-12?,17-13+,36-18?,40-28+/t35-,37-,38-,39-,41-,42+,43+,45?,46+,47-,49+,50-,54-,55+,59-/m1/s1. The second kappa shape index (κ2) is 29.4. The first kappa shape index (κ1) is 62.2. The molecular formula is C59H88N2O15. The van der Waals surface area contributed by atoms with Crippen molar-refractivity contribution in [2.45, 2.75) is 180 Å². The molecule has 17 heteroatoms. The minimum Gasteiger partial charge on any atom is -0.495 e. The summed E-state index contributed by atoms with van der Waals surface area (Å²) in [7, 11) is 6.06. The van der Waals surface area contributed by atoms with E-state index in [9.17, 15) is 39.3 Å². The summed E-state index contributed by atoms with van der Waals surface area (Å²) in [5.74, 6) is -7.95. The number of allylic oxidation sites excluding steroid dienone is 7. The lowest BCUT2D eigenvalue weighted by Gasteiger charge is -2.43. The number of carbonyl (C=O) groups excluding carboxylic acids is 5. The van der Waals surface area contributed by atoms with E-state index >= 15 is 0 Å². The minimum absolute atomic E-state index is 0.0324. The molecule has 2 saturated heterocycles. The van der Waals surface area contributed by atoms with Crippen LogP contribution in [0.15, 0.2) is 59.9 Å². The SMILES string of the molecule is COCCOc1cnc(C2C[C@@H]3CC[C@@H](C)[C@@](O)(O3)C(=O)C(=O)N3CCCC[C@H]3C(=O)O[C@H]([C@H](C)C[C@@H]3CC[C@@H](O)[C@H](OC)C3)CC(=O)[C@H](C)/C=C(\C)[C@@H](O)[C@@H](OC)C(=O)[C@H](C)C[C@H](C)/C=C/C=CC=C2C)c(OC)c1. The molecule has 76 heavy (non-hydrogen) atoms. The third kappa shape index (κ3) is 16.2. The molecule has 0 aromatic carbocycles. The molecule has 424 valence electrons. The second-order valence-electron chi connectivity index (χ2n) is 22.0. The van der Waals surface area contributed by atoms with Crippen LogP contribution in [0.3, 0.4) is 0 Å². The summed E-state index contributed by atoms with van der Waals surface area (Å²) in [6.07, 6.45) is 12.6. The third-order valence-corrected chi connectivity index (χ3v) is 16.2. The van der Waals surface area contributed by atoms with Crippen molar-refractivity contribution >= 4 is 29.2 Å². The number of hydrogen-bond donors (Lipinski definition) is 3. The van der Waals surface area contributed by atoms with Crippen molar-refractivity contribution in [1.82, 2.24) is 9.88 Å². The molecule has 1 aliphatic carbocycles. The average Bonchev–Trinajstić information content (AvgIpc) is 3.40. The summed E-state index contributed by atoms with van der Waals surface area (Å²) in [4.78, 5) is 77.9. The number of Topliss-reactive ketones (excluding diaryl/α,β-unsaturated/α-hetero) is 3. The number of nitrogens with zero attached hydrogens (tertiary/aromatic N) is 2. The molecule has 1 aromatic heterocycles. The number of hydrogen-bond acceptors (Lipinski definition) is 16. The molecule has 0 spiro atoms. The highest BCUT2D eigenvalue weighted by molar-refractivity contribution is 6.39. The first-order chi connectivity index (χ1) is 36.2. The number of ether oxygens (including phenoxy) is 7. The quantitative estimate of drug-likeness (QED) is 0.0850. The van der Waals surface area contributed by atoms with Gasteiger partial charge in [-0.05, 0) is 108 Å². The number of aromatic nitrogens is 1. The minimum atomic E-state index is -2.52. The molecule has 17 nitrogen and oxygen atoms in total. The van der Waals surface area contributed by atoms with Gasteiger partial charge in [0.1, 0.15) is 48.2 Å². The monoisotopic (exact) mass is 1060 g/mol. The van der Waals surface area contributed by atoms with Gasteiger partial charge in [0.25, 0.3) is 11.7 Å². The molecule has 1 aromatic rings. The predicted octanol–water partition coefficient (Wildman–Crippen LogP) is 7.38. The molecule has 1 amide bonds. The molecule has 5 rings (SSSR count). The van der Waals surface area contributed by atoms with E-state index in [0.29, 0.717) is 93.8 Å². The van der Waals surface area contributed by atoms with Gasteiger partial charge in [-0.25, -0.2) is 4.79 Å². The number of carbonyl (C=O) groups is 5. The molecule has 3 fully saturated rings. The number of pyridine rings is 1. The van der Waals surface area contributed by atoms with E-state index in [-0.39, 0.29) is 61.2 Å². The molecule has 2 bridgehead atoms. The van der Waals surface area contributed by atoms with Gasteiger partial charge in [0.15, 0.2) is 5.78 Å². The summed E-state index contributed by atoms with van der Waals surface area (Å²) in [5.41, 5.74) is 1.80. The second-order valence-corrected chi connectivity index (χ2v) is 22.0. The van der Waals surface area contributed by atoms with Crippen LogP contribution in [0.1, 0.15) is 137 Å². The van der Waals surface area contributed by atoms with Crippen molar-refractivity contribution in [2.24, 2.45) is 35.5 Å². The van der Waals surface area contributed by atoms with Gasteiger partial charge >= 0.3 is 5.97 Å². The number of piperidine rings is 1. The fraction of sp³-hybridized carbons (Fsp3) is 0.695. The number of cyclic esters (lactones) is 1. The van der Waals surface area contributed by atoms with E-state index in [1.54, 1.807) is 53.3 Å². The Bertz CT molecular complexity index is 2240. The topological polar surface area (TPSA) is 227 Å². The first-order valence-corrected chi connectivity index (χ1v) is 27.5. The van der Waals surface area contributed by atoms with Crippen molar-refractivity contribution in [3.05, 3.63) is 65.6 Å². The van der Waals surface area contributed by atoms with Gasteiger partial charge in [0, 0.05) is 64.0 Å². The highest BCUT2D eigenvalue weighted by Gasteiger charge is 2.53. The molecule has 4 aliphatic rings. The molecule has 3 aliphatic heterocycles. The number of aliphatic hydroxyl groups excluding tert-OH is 2. The van der Waals surface area contributed by atoms with Crippen molar-refractivity contribution in [3.63, 3.8) is 0 Å². The maximum Gasteiger partial charge on any atom is 0.329 e. The zero-order valence-corrected chi connectivity index (χ0v) is 46.9. The van der Waals surface area contributed by atoms with Gasteiger partial charge in [-0.2, -0.15) is 0 Å². The molecular weight excluding hydrogens is 977 g/mol. The molecule has 3 N–H and O–H groups in total. The first-order valence-electron chi connectivity index (χ1n) is 27.5. The summed E-state index contributed by atoms with van der Waals surface area (Å²) in [6, 6.07) is 0.560. The van der Waals surface area contributed by atoms with Crippen LogP contribution < -0.4 is 9.47 Å². The number of aliphatic hydroxyl groups is 3. The fourth-order valence-electron chi connectivity index (χ4n) is 11.4. The third-order valence-electron chi connectivity index (χ3n) is 16.2. The number of fused-ring (bicyclic) bond motifs is 3. The van der Waals surface area contributed by atoms with E-state index < -0.39 is 83.7 Å². The van der Waals surface area contributed by atoms with Crippen molar-refractivity contribution in [3.8, 4) is 11.5 Å². The zero-order chi connectivity index (χ0) is 55.9. The summed E-state index contributed by atoms with van der Waals surface area (Å²) < 4.78 is 40.8. The number of methoxy groups -OCH3 is 4. The normalized spacial score (nSPS) is 35.1. The fourth-order valence-corrected chi connectivity index (χ4v) is 11.4. The Morgan fingerprint density at radius 1 is 0.868 bits per heavy atom. The summed E-state index contributed by atoms with van der Waals surface area (Å²) >= 11 is 0. The van der Waals surface area contributed by atoms with Gasteiger partial charge in [0.05, 0.1) is 43.9 Å². The van der Waals surface area contributed by atoms with Gasteiger partial charge < -0.3 is 53.4 Å². The van der Waals surface area contributed by atoms with Crippen molar-refractivity contribution in [1.29, 1.82) is 0 Å². The number of ketones is 3. The van der Waals surface area contributed by atoms with Crippen LogP contribution in [0, 0.1) is 35.5 Å². The Hall–Kier alpha value is -4.62. The maximum atomic E-state index is 14.6. The Morgan fingerprint density at radius 3 is 2.32 bits per heavy atom. The Morgan fingerprint density at radius 2 is 1.62 bits per heavy atom. The van der Waals surface area contributed by atoms with Crippen LogP contribution in [0.25, 0.3) is 0 Å². The maximum absolute atomic E-state index is 14.6. The zero-order valence-electron chi connectivity index (χ0n) is 46.9. The van der Waals surface area contributed by atoms with Gasteiger partial charge in [0.2, 0.25) is 5.79 Å². The molecule has 1 saturated carbocycles. The van der Waals surface area contributed by atoms with Crippen LogP contribution >= 0.6 is 0 Å². The number of rotatable bonds is 11. The van der Waals surface area contributed by atoms with Gasteiger partial charge in [-0.1, -0.05) is 76.6 Å². The van der Waals surface area contributed by atoms with E-state index in [4.69, 9.17) is 38.1 Å². The summed E-state index contributed by atoms with van der Waals surface area (Å²) in [5, 5.41) is 34.5. The number of amides is 1. The van der Waals surface area contributed by atoms with Crippen LogP contribution in [0.4, 0.5) is 0 Å². The van der Waals surface area contributed by atoms with Gasteiger partial charge in [-0.15, -0.1) is 0 Å². The van der Waals surface area contributed by atoms with E-state index in [1.807, 2.05) is 58.1 Å². The lowest BCUT2D eigenvalue weighted by molar-refractivity contribution is -0.264. The van der Waals surface area contributed by atoms with Gasteiger partial charge in [-0.3, -0.25) is 24.2 Å². The Balaban J connectivity index is 1.54. The molecule has 15 atom stereocenters. The molecule has 1 unspecified atom stereocenters. The summed E-state index contributed by atoms with van der Waals surface area (Å²) in [6.45, 7) is 13.4. The largest absolute Gasteiger partial charge is 0.495 e. The smallest absolute Gasteiger partial charge is 0.329 e. The lowest BCUT2D eigenvalue weighted by atomic mass is 9.78. The van der Waals surface area contributed by atoms with Crippen LogP contribution in [-0.2, 0) is 47.7 Å². The number of esters is 1. The van der Waals surface area contributed by atoms with E-state index in [0.717, 1.165) is 5.57 Å². The van der Waals surface area contributed by atoms with Crippen LogP contribution in [0.5, 0.6) is 11.5 Å². The Labute approximate surface area is 450 Å². The van der Waals surface area contributed by atoms with Crippen molar-refractivity contribution < 1.29 is 72.5 Å². The Kier molecular flexibility index (Phi) is 24.1. The van der Waals surface area contributed by atoms with E-state index in [1.165, 1.54) is 19.1 Å². The van der Waals surface area contributed by atoms with Crippen LogP contribution in [-0.4, -0.2) is 151 Å². The predicted molar refractivity (Wildman–Crippen MR) is 285 cm³/mol. The van der Waals surface area contributed by atoms with Crippen molar-refractivity contribution in [2.75, 3.05) is 48.2 Å². The molecule has 0 radical (unpaired) electrons. The highest BCUT2D eigenvalue weighted by atomic mass is 16.6.